The Hall–Kier alpha value is -1.93. The molecule has 0 unspecified atom stereocenters. The average Bonchev–Trinajstić information content (AvgIpc) is 3.09. The zero-order valence-electron chi connectivity index (χ0n) is 12.8. The molecule has 0 spiro atoms. The Labute approximate surface area is 135 Å². The van der Waals surface area contributed by atoms with Crippen molar-refractivity contribution in [3.8, 4) is 11.3 Å². The highest BCUT2D eigenvalue weighted by molar-refractivity contribution is 6.34. The molecule has 0 radical (unpaired) electrons. The van der Waals surface area contributed by atoms with Crippen LogP contribution in [0.15, 0.2) is 30.3 Å². The Morgan fingerprint density at radius 2 is 1.95 bits per heavy atom. The zero-order chi connectivity index (χ0) is 15.3. The second kappa shape index (κ2) is 5.06. The molecule has 3 aromatic rings. The first-order valence-electron chi connectivity index (χ1n) is 7.83. The Morgan fingerprint density at radius 1 is 1.09 bits per heavy atom. The van der Waals surface area contributed by atoms with Gasteiger partial charge in [0.15, 0.2) is 0 Å². The molecular formula is C19H19ClN2. The lowest BCUT2D eigenvalue weighted by Crippen LogP contribution is -1.90. The van der Waals surface area contributed by atoms with E-state index in [2.05, 4.69) is 60.2 Å². The quantitative estimate of drug-likeness (QED) is 0.590. The highest BCUT2D eigenvalue weighted by Gasteiger charge is 2.14. The molecule has 0 saturated carbocycles. The van der Waals surface area contributed by atoms with Gasteiger partial charge in [0.1, 0.15) is 0 Å². The van der Waals surface area contributed by atoms with Crippen molar-refractivity contribution in [3.63, 3.8) is 0 Å². The lowest BCUT2D eigenvalue weighted by molar-refractivity contribution is 0.836. The number of hydrogen-bond acceptors (Lipinski definition) is 0. The smallest absolute Gasteiger partial charge is 0.0506 e. The van der Waals surface area contributed by atoms with Gasteiger partial charge in [0.2, 0.25) is 0 Å². The molecule has 0 amide bonds. The van der Waals surface area contributed by atoms with Crippen molar-refractivity contribution in [2.75, 3.05) is 0 Å². The van der Waals surface area contributed by atoms with Crippen LogP contribution in [0, 0.1) is 0 Å². The Kier molecular flexibility index (Phi) is 3.16. The van der Waals surface area contributed by atoms with Crippen molar-refractivity contribution in [3.05, 3.63) is 52.3 Å². The van der Waals surface area contributed by atoms with Crippen molar-refractivity contribution in [1.29, 1.82) is 0 Å². The third-order valence-corrected chi connectivity index (χ3v) is 4.75. The number of fused-ring (bicyclic) bond motifs is 2. The first-order valence-corrected chi connectivity index (χ1v) is 8.20. The van der Waals surface area contributed by atoms with E-state index in [1.165, 1.54) is 22.3 Å². The van der Waals surface area contributed by atoms with E-state index < -0.39 is 0 Å². The molecule has 0 fully saturated rings. The first kappa shape index (κ1) is 13.7. The van der Waals surface area contributed by atoms with Gasteiger partial charge in [0.05, 0.1) is 5.02 Å². The summed E-state index contributed by atoms with van der Waals surface area (Å²) in [6, 6.07) is 8.61. The molecule has 1 aliphatic rings. The summed E-state index contributed by atoms with van der Waals surface area (Å²) in [4.78, 5) is 7.04. The van der Waals surface area contributed by atoms with E-state index in [0.29, 0.717) is 5.92 Å². The van der Waals surface area contributed by atoms with Crippen LogP contribution in [0.3, 0.4) is 0 Å². The molecule has 2 N–H and O–H groups in total. The number of halogens is 1. The van der Waals surface area contributed by atoms with Crippen LogP contribution in [-0.2, 0) is 6.42 Å². The third kappa shape index (κ3) is 2.19. The third-order valence-electron chi connectivity index (χ3n) is 4.43. The van der Waals surface area contributed by atoms with E-state index in [9.17, 15) is 0 Å². The van der Waals surface area contributed by atoms with Gasteiger partial charge in [-0.3, -0.25) is 0 Å². The van der Waals surface area contributed by atoms with E-state index in [-0.39, 0.29) is 0 Å². The number of H-pyrrole nitrogens is 2. The van der Waals surface area contributed by atoms with Crippen LogP contribution in [0.5, 0.6) is 0 Å². The van der Waals surface area contributed by atoms with Crippen LogP contribution in [0.4, 0.5) is 0 Å². The lowest BCUT2D eigenvalue weighted by atomic mass is 10.0. The van der Waals surface area contributed by atoms with Gasteiger partial charge in [-0.15, -0.1) is 0 Å². The average molecular weight is 311 g/mol. The fourth-order valence-corrected chi connectivity index (χ4v) is 3.42. The minimum atomic E-state index is 0.484. The highest BCUT2D eigenvalue weighted by Crippen LogP contribution is 2.35. The molecule has 2 aromatic heterocycles. The molecule has 0 atom stereocenters. The lowest BCUT2D eigenvalue weighted by Gasteiger charge is -2.04. The van der Waals surface area contributed by atoms with Crippen LogP contribution >= 0.6 is 11.6 Å². The molecular weight excluding hydrogens is 292 g/mol. The Balaban J connectivity index is 1.85. The number of nitrogens with one attached hydrogen (secondary N) is 2. The standard InChI is InChI=1S/C19H19ClN2/c1-11(2)17-9-13-7-15(20)14(10-18(13)22-17)19-8-12-5-3-4-6-16(12)21-19/h3,5,7-11,21-22H,4,6H2,1-2H3. The van der Waals surface area contributed by atoms with E-state index in [1.807, 2.05) is 0 Å². The first-order chi connectivity index (χ1) is 10.6. The maximum Gasteiger partial charge on any atom is 0.0506 e. The number of benzene rings is 1. The van der Waals surface area contributed by atoms with Crippen molar-refractivity contribution < 1.29 is 0 Å². The minimum Gasteiger partial charge on any atom is -0.358 e. The van der Waals surface area contributed by atoms with E-state index in [0.717, 1.165) is 34.6 Å². The molecule has 0 aliphatic heterocycles. The normalized spacial score (nSPS) is 14.0. The topological polar surface area (TPSA) is 31.6 Å². The summed E-state index contributed by atoms with van der Waals surface area (Å²) >= 11 is 6.54. The van der Waals surface area contributed by atoms with Crippen molar-refractivity contribution in [2.45, 2.75) is 32.6 Å². The van der Waals surface area contributed by atoms with E-state index in [4.69, 9.17) is 11.6 Å². The summed E-state index contributed by atoms with van der Waals surface area (Å²) in [6.45, 7) is 4.39. The van der Waals surface area contributed by atoms with Gasteiger partial charge < -0.3 is 9.97 Å². The van der Waals surface area contributed by atoms with Crippen molar-refractivity contribution in [1.82, 2.24) is 9.97 Å². The molecule has 1 aromatic carbocycles. The largest absolute Gasteiger partial charge is 0.358 e. The van der Waals surface area contributed by atoms with Gasteiger partial charge in [0.25, 0.3) is 0 Å². The Bertz CT molecular complexity index is 880. The fraction of sp³-hybridized carbons (Fsp3) is 0.263. The molecule has 1 aliphatic carbocycles. The second-order valence-electron chi connectivity index (χ2n) is 6.36. The minimum absolute atomic E-state index is 0.484. The van der Waals surface area contributed by atoms with Crippen molar-refractivity contribution in [2.24, 2.45) is 0 Å². The van der Waals surface area contributed by atoms with E-state index >= 15 is 0 Å². The summed E-state index contributed by atoms with van der Waals surface area (Å²) < 4.78 is 0. The van der Waals surface area contributed by atoms with E-state index in [1.54, 1.807) is 0 Å². The van der Waals surface area contributed by atoms with Gasteiger partial charge in [-0.2, -0.15) is 0 Å². The van der Waals surface area contributed by atoms with Crippen LogP contribution in [0.25, 0.3) is 28.2 Å². The number of aromatic amines is 2. The maximum atomic E-state index is 6.54. The molecule has 22 heavy (non-hydrogen) atoms. The van der Waals surface area contributed by atoms with Crippen LogP contribution in [-0.4, -0.2) is 9.97 Å². The predicted octanol–water partition coefficient (Wildman–Crippen LogP) is 5.90. The van der Waals surface area contributed by atoms with Gasteiger partial charge >= 0.3 is 0 Å². The summed E-state index contributed by atoms with van der Waals surface area (Å²) in [5.41, 5.74) is 7.15. The van der Waals surface area contributed by atoms with Crippen LogP contribution < -0.4 is 0 Å². The SMILES string of the molecule is CC(C)c1cc2cc(Cl)c(-c3cc4c([nH]3)CCC=C4)cc2[nH]1. The van der Waals surface area contributed by atoms with Gasteiger partial charge in [-0.25, -0.2) is 0 Å². The molecule has 2 heterocycles. The van der Waals surface area contributed by atoms with Crippen molar-refractivity contribution >= 4 is 28.6 Å². The van der Waals surface area contributed by atoms with Crippen LogP contribution in [0.1, 0.15) is 43.1 Å². The number of aromatic nitrogens is 2. The zero-order valence-corrected chi connectivity index (χ0v) is 13.6. The number of rotatable bonds is 2. The fourth-order valence-electron chi connectivity index (χ4n) is 3.14. The monoisotopic (exact) mass is 310 g/mol. The number of aryl methyl sites for hydroxylation is 1. The molecule has 3 heteroatoms. The second-order valence-corrected chi connectivity index (χ2v) is 6.76. The Morgan fingerprint density at radius 3 is 2.73 bits per heavy atom. The molecule has 0 saturated heterocycles. The molecule has 112 valence electrons. The highest BCUT2D eigenvalue weighted by atomic mass is 35.5. The molecule has 4 rings (SSSR count). The number of hydrogen-bond donors (Lipinski definition) is 2. The van der Waals surface area contributed by atoms with Gasteiger partial charge in [0, 0.05) is 33.5 Å². The summed E-state index contributed by atoms with van der Waals surface area (Å²) in [5, 5.41) is 1.97. The summed E-state index contributed by atoms with van der Waals surface area (Å²) in [6.07, 6.45) is 6.60. The summed E-state index contributed by atoms with van der Waals surface area (Å²) in [5.74, 6) is 0.484. The maximum absolute atomic E-state index is 6.54. The number of allylic oxidation sites excluding steroid dienone is 1. The molecule has 2 nitrogen and oxygen atoms in total. The van der Waals surface area contributed by atoms with Crippen LogP contribution in [0.2, 0.25) is 5.02 Å². The molecule has 0 bridgehead atoms. The van der Waals surface area contributed by atoms with Gasteiger partial charge in [-0.05, 0) is 48.6 Å². The van der Waals surface area contributed by atoms with Gasteiger partial charge in [-0.1, -0.05) is 37.6 Å². The predicted molar refractivity (Wildman–Crippen MR) is 94.5 cm³/mol. The summed E-state index contributed by atoms with van der Waals surface area (Å²) in [7, 11) is 0.